The molecule has 2 aromatic carbocycles. The number of carbonyl (C=O) groups is 3. The molecular formula is C31H46N7O7S+. The summed E-state index contributed by atoms with van der Waals surface area (Å²) in [6.45, 7) is 5.28. The van der Waals surface area contributed by atoms with Crippen LogP contribution in [-0.2, 0) is 43.6 Å². The lowest BCUT2D eigenvalue weighted by Gasteiger charge is -2.29. The Bertz CT molecular complexity index is 1450. The zero-order valence-electron chi connectivity index (χ0n) is 26.6. The normalized spacial score (nSPS) is 15.4. The fourth-order valence-electron chi connectivity index (χ4n) is 4.77. The minimum Gasteiger partial charge on any atom is -0.391 e. The van der Waals surface area contributed by atoms with Crippen molar-refractivity contribution in [2.24, 2.45) is 16.8 Å². The Morgan fingerprint density at radius 1 is 0.870 bits per heavy atom. The van der Waals surface area contributed by atoms with Crippen LogP contribution in [0.4, 0.5) is 0 Å². The monoisotopic (exact) mass is 660 g/mol. The number of amides is 3. The van der Waals surface area contributed by atoms with Gasteiger partial charge in [-0.05, 0) is 42.4 Å². The highest BCUT2D eigenvalue weighted by molar-refractivity contribution is 7.90. The average Bonchev–Trinajstić information content (AvgIpc) is 2.98. The summed E-state index contributed by atoms with van der Waals surface area (Å²) in [4.78, 5) is 43.2. The van der Waals surface area contributed by atoms with Crippen molar-refractivity contribution in [2.45, 2.75) is 83.0 Å². The predicted octanol–water partition coefficient (Wildman–Crippen LogP) is 0.136. The van der Waals surface area contributed by atoms with Crippen molar-refractivity contribution < 1.29 is 33.0 Å². The maximum atomic E-state index is 13.5. The zero-order chi connectivity index (χ0) is 34.4. The third-order valence-electron chi connectivity index (χ3n) is 7.15. The van der Waals surface area contributed by atoms with Crippen LogP contribution in [-0.4, -0.2) is 84.7 Å². The number of carbonyl (C=O) groups excluding carboxylic acids is 3. The smallest absolute Gasteiger partial charge is 0.253 e. The van der Waals surface area contributed by atoms with E-state index in [-0.39, 0.29) is 25.2 Å². The number of sulfone groups is 1. The molecule has 15 heteroatoms. The van der Waals surface area contributed by atoms with Crippen molar-refractivity contribution in [3.05, 3.63) is 71.3 Å². The summed E-state index contributed by atoms with van der Waals surface area (Å²) in [5.74, 6) is -2.97. The Morgan fingerprint density at radius 2 is 1.46 bits per heavy atom. The number of nitrogens with one attached hydrogen (secondary N) is 4. The van der Waals surface area contributed by atoms with E-state index in [4.69, 9.17) is 11.3 Å². The fourth-order valence-corrected chi connectivity index (χ4v) is 5.62. The summed E-state index contributed by atoms with van der Waals surface area (Å²) in [5.41, 5.74) is 15.1. The molecule has 0 radical (unpaired) electrons. The molecule has 0 spiro atoms. The number of aliphatic hydroxyl groups excluding tert-OH is 2. The Kier molecular flexibility index (Phi) is 15.1. The summed E-state index contributed by atoms with van der Waals surface area (Å²) in [6, 6.07) is 11.2. The van der Waals surface area contributed by atoms with E-state index in [1.807, 2.05) is 19.9 Å². The number of nitrogens with two attached hydrogens (primary N) is 1. The van der Waals surface area contributed by atoms with Crippen LogP contribution in [0.3, 0.4) is 0 Å². The van der Waals surface area contributed by atoms with Crippen molar-refractivity contribution in [3.8, 4) is 0 Å². The van der Waals surface area contributed by atoms with E-state index in [1.54, 1.807) is 48.5 Å². The standard InChI is InChI=1S/C31H45N7O7S/c1-19(2)14-25(35-30(42)26(37-38-33)16-21-8-6-5-7-9-21)29(41)36-28(20(3)39)31(43)34-24(27(40)18-46(4,44)45)15-22-10-12-23(17-32)13-11-22/h5-13,19-20,24-28,33,39-40H,14-18,32H2,1-4H3,(H2-,34,35,36,41,42,43)/p+1/t20-,24+,25+,26-,27+,28+/m1/s1. The summed E-state index contributed by atoms with van der Waals surface area (Å²) >= 11 is 0. The van der Waals surface area contributed by atoms with Gasteiger partial charge in [0.25, 0.3) is 5.91 Å². The first-order valence-electron chi connectivity index (χ1n) is 15.0. The van der Waals surface area contributed by atoms with E-state index in [0.29, 0.717) is 12.1 Å². The lowest BCUT2D eigenvalue weighted by atomic mass is 9.99. The predicted molar refractivity (Wildman–Crippen MR) is 172 cm³/mol. The summed E-state index contributed by atoms with van der Waals surface area (Å²) < 4.78 is 23.9. The molecule has 6 atom stereocenters. The van der Waals surface area contributed by atoms with Crippen LogP contribution in [0.5, 0.6) is 0 Å². The summed E-state index contributed by atoms with van der Waals surface area (Å²) in [5, 5.41) is 32.8. The minimum absolute atomic E-state index is 0.0488. The van der Waals surface area contributed by atoms with Crippen LogP contribution >= 0.6 is 0 Å². The number of aliphatic hydroxyl groups is 2. The molecule has 14 nitrogen and oxygen atoms in total. The van der Waals surface area contributed by atoms with E-state index in [9.17, 15) is 33.0 Å². The highest BCUT2D eigenvalue weighted by atomic mass is 32.2. The highest BCUT2D eigenvalue weighted by Crippen LogP contribution is 2.13. The molecule has 8 N–H and O–H groups in total. The molecule has 0 saturated heterocycles. The quantitative estimate of drug-likeness (QED) is 0.0855. The van der Waals surface area contributed by atoms with Crippen LogP contribution < -0.4 is 26.6 Å². The second kappa shape index (κ2) is 18.2. The van der Waals surface area contributed by atoms with E-state index < -0.39 is 69.7 Å². The first-order chi connectivity index (χ1) is 21.6. The van der Waals surface area contributed by atoms with Crippen LogP contribution in [0.25, 0.3) is 0 Å². The molecule has 2 aromatic rings. The van der Waals surface area contributed by atoms with Gasteiger partial charge in [-0.3, -0.25) is 14.4 Å². The lowest BCUT2D eigenvalue weighted by molar-refractivity contribution is -0.135. The molecule has 0 aliphatic rings. The topological polar surface area (TPSA) is 238 Å². The van der Waals surface area contributed by atoms with Crippen molar-refractivity contribution in [2.75, 3.05) is 12.0 Å². The van der Waals surface area contributed by atoms with Crippen molar-refractivity contribution in [3.63, 3.8) is 0 Å². The minimum atomic E-state index is -3.63. The number of benzene rings is 2. The van der Waals surface area contributed by atoms with E-state index >= 15 is 0 Å². The Labute approximate surface area is 269 Å². The van der Waals surface area contributed by atoms with E-state index in [1.165, 1.54) is 6.92 Å². The number of nitrogens with zero attached hydrogens (tertiary/aromatic N) is 2. The summed E-state index contributed by atoms with van der Waals surface area (Å²) in [6.07, 6.45) is -1.58. The largest absolute Gasteiger partial charge is 0.391 e. The highest BCUT2D eigenvalue weighted by Gasteiger charge is 2.34. The molecular weight excluding hydrogens is 614 g/mol. The molecule has 0 saturated carbocycles. The molecule has 46 heavy (non-hydrogen) atoms. The van der Waals surface area contributed by atoms with Gasteiger partial charge in [0.05, 0.1) is 24.0 Å². The molecule has 0 bridgehead atoms. The van der Waals surface area contributed by atoms with Gasteiger partial charge in [-0.1, -0.05) is 68.4 Å². The molecule has 0 aliphatic heterocycles. The van der Waals surface area contributed by atoms with E-state index in [2.05, 4.69) is 26.0 Å². The molecule has 0 fully saturated rings. The maximum Gasteiger partial charge on any atom is 0.253 e. The molecule has 0 aromatic heterocycles. The zero-order valence-corrected chi connectivity index (χ0v) is 27.4. The van der Waals surface area contributed by atoms with Gasteiger partial charge in [0.1, 0.15) is 32.6 Å². The molecule has 2 rings (SSSR count). The van der Waals surface area contributed by atoms with Crippen molar-refractivity contribution in [1.82, 2.24) is 20.9 Å². The first kappa shape index (κ1) is 38.2. The second-order valence-corrected chi connectivity index (χ2v) is 14.0. The Morgan fingerprint density at radius 3 is 1.98 bits per heavy atom. The number of rotatable bonds is 18. The van der Waals surface area contributed by atoms with Gasteiger partial charge < -0.3 is 31.9 Å². The fraction of sp³-hybridized carbons (Fsp3) is 0.516. The maximum absolute atomic E-state index is 13.5. The number of hydrogen-bond donors (Lipinski definition) is 7. The molecule has 252 valence electrons. The van der Waals surface area contributed by atoms with Crippen molar-refractivity contribution >= 4 is 27.6 Å². The van der Waals surface area contributed by atoms with Gasteiger partial charge in [-0.2, -0.15) is 0 Å². The Hall–Kier alpha value is -4.01. The van der Waals surface area contributed by atoms with Gasteiger partial charge in [0.15, 0.2) is 0 Å². The molecule has 0 unspecified atom stereocenters. The van der Waals surface area contributed by atoms with Crippen molar-refractivity contribution in [1.29, 1.82) is 5.53 Å². The van der Waals surface area contributed by atoms with Crippen LogP contribution in [0.15, 0.2) is 59.7 Å². The summed E-state index contributed by atoms with van der Waals surface area (Å²) in [7, 11) is -3.63. The average molecular weight is 661 g/mol. The van der Waals surface area contributed by atoms with Crippen LogP contribution in [0.1, 0.15) is 43.9 Å². The van der Waals surface area contributed by atoms with Crippen LogP contribution in [0.2, 0.25) is 0 Å². The third-order valence-corrected chi connectivity index (χ3v) is 8.10. The molecule has 0 heterocycles. The van der Waals surface area contributed by atoms with Crippen LogP contribution in [0, 0.1) is 11.4 Å². The lowest BCUT2D eigenvalue weighted by Crippen LogP contribution is -2.60. The van der Waals surface area contributed by atoms with Gasteiger partial charge >= 0.3 is 0 Å². The van der Waals surface area contributed by atoms with Gasteiger partial charge in [-0.15, -0.1) is 0 Å². The third kappa shape index (κ3) is 13.2. The first-order valence-corrected chi connectivity index (χ1v) is 17.0. The van der Waals surface area contributed by atoms with Gasteiger partial charge in [0, 0.05) is 19.2 Å². The second-order valence-electron chi connectivity index (χ2n) is 11.8. The molecule has 3 amide bonds. The number of hydrogen-bond acceptors (Lipinski definition) is 10. The van der Waals surface area contributed by atoms with E-state index in [0.717, 1.165) is 17.4 Å². The molecule has 0 aliphatic carbocycles. The van der Waals surface area contributed by atoms with Gasteiger partial charge in [0.2, 0.25) is 22.8 Å². The Balaban J connectivity index is 2.26. The van der Waals surface area contributed by atoms with Gasteiger partial charge in [-0.25, -0.2) is 8.42 Å². The SMILES string of the molecule is CC(C)C[C@H](NC(=O)[C@@H](Cc1ccccc1)N=[N+]=N)C(=O)N[C@H](C(=O)N[C@@H](Cc1ccc(CN)cc1)[C@@H](O)CS(C)(=O)=O)[C@@H](C)O.